The summed E-state index contributed by atoms with van der Waals surface area (Å²) in [4.78, 5) is 10.4. The molecule has 0 bridgehead atoms. The number of nitrogens with zero attached hydrogens (tertiary/aromatic N) is 3. The van der Waals surface area contributed by atoms with Gasteiger partial charge in [0.05, 0.1) is 5.69 Å². The van der Waals surface area contributed by atoms with Gasteiger partial charge in [-0.15, -0.1) is 0 Å². The Bertz CT molecular complexity index is 3800. The Morgan fingerprint density at radius 1 is 0.449 bits per heavy atom. The summed E-state index contributed by atoms with van der Waals surface area (Å²) in [5, 5.41) is 7.15. The van der Waals surface area contributed by atoms with Gasteiger partial charge in [-0.3, -0.25) is 4.98 Å². The zero-order valence-corrected chi connectivity index (χ0v) is 39.1. The Kier molecular flexibility index (Phi) is 9.02. The van der Waals surface area contributed by atoms with Crippen LogP contribution in [0.15, 0.2) is 212 Å². The summed E-state index contributed by atoms with van der Waals surface area (Å²) in [6.07, 6.45) is 13.0. The van der Waals surface area contributed by atoms with E-state index < -0.39 is 0 Å². The third kappa shape index (κ3) is 6.16. The lowest BCUT2D eigenvalue weighted by atomic mass is 9.80. The lowest BCUT2D eigenvalue weighted by molar-refractivity contribution is 0.660. The molecule has 1 aromatic heterocycles. The first-order valence-electron chi connectivity index (χ1n) is 24.8. The summed E-state index contributed by atoms with van der Waals surface area (Å²) in [6.45, 7) is 4.79. The first-order valence-corrected chi connectivity index (χ1v) is 24.8. The molecule has 0 N–H and O–H groups in total. The number of para-hydroxylation sites is 3. The van der Waals surface area contributed by atoms with Crippen LogP contribution >= 0.6 is 0 Å². The maximum absolute atomic E-state index is 5.37. The molecule has 0 fully saturated rings. The highest BCUT2D eigenvalue weighted by atomic mass is 15.2. The molecule has 10 aromatic rings. The van der Waals surface area contributed by atoms with Gasteiger partial charge in [-0.25, -0.2) is 0 Å². The molecule has 9 aromatic carbocycles. The van der Waals surface area contributed by atoms with Crippen molar-refractivity contribution in [2.75, 3.05) is 9.80 Å². The first kappa shape index (κ1) is 40.1. The molecule has 3 heterocycles. The quantitative estimate of drug-likeness (QED) is 0.164. The predicted molar refractivity (Wildman–Crippen MR) is 290 cm³/mol. The highest BCUT2D eigenvalue weighted by Gasteiger charge is 2.36. The average molecular weight is 886 g/mol. The molecule has 0 amide bonds. The Morgan fingerprint density at radius 2 is 1.04 bits per heavy atom. The zero-order chi connectivity index (χ0) is 45.8. The van der Waals surface area contributed by atoms with E-state index in [1.54, 1.807) is 0 Å². The molecule has 0 spiro atoms. The summed E-state index contributed by atoms with van der Waals surface area (Å²) >= 11 is 0. The monoisotopic (exact) mass is 885 g/mol. The molecular weight excluding hydrogens is 835 g/mol. The van der Waals surface area contributed by atoms with Gasteiger partial charge in [0, 0.05) is 56.7 Å². The van der Waals surface area contributed by atoms with E-state index in [1.807, 2.05) is 6.20 Å². The Morgan fingerprint density at radius 3 is 1.80 bits per heavy atom. The van der Waals surface area contributed by atoms with Gasteiger partial charge in [-0.05, 0) is 182 Å². The summed E-state index contributed by atoms with van der Waals surface area (Å²) in [5.74, 6) is 0. The van der Waals surface area contributed by atoms with Gasteiger partial charge in [-0.1, -0.05) is 147 Å². The molecule has 2 aliphatic heterocycles. The lowest BCUT2D eigenvalue weighted by Crippen LogP contribution is -2.18. The molecule has 3 nitrogen and oxygen atoms in total. The molecule has 3 heteroatoms. The molecule has 330 valence electrons. The fourth-order valence-corrected chi connectivity index (χ4v) is 12.6. The number of aryl methyl sites for hydroxylation is 3. The molecule has 2 aliphatic carbocycles. The standard InChI is InChI=1S/C66H51N3/c1-66(2)57-22-10-9-21-51(57)52-34-31-47(39-58(52)66)63-53-35-32-49(69-61-25-13-6-18-45(61)29-30-46-19-7-14-26-62(46)69)41-56(53)64(65-50-20-8-3-15-42(50)37-38-67-65)54-36-33-48(40-55(54)63)68-59-23-11-4-16-43(59)27-28-44-17-5-12-24-60(44)68/h3-6,8-18,20-26,31-41H,7,19,27-30H2,1-2H3. The van der Waals surface area contributed by atoms with E-state index in [0.29, 0.717) is 0 Å². The predicted octanol–water partition coefficient (Wildman–Crippen LogP) is 17.4. The first-order chi connectivity index (χ1) is 34.0. The van der Waals surface area contributed by atoms with Crippen LogP contribution in [0.1, 0.15) is 60.9 Å². The molecule has 0 saturated carbocycles. The average Bonchev–Trinajstić information content (AvgIpc) is 3.51. The second kappa shape index (κ2) is 15.5. The van der Waals surface area contributed by atoms with Crippen LogP contribution in [0.2, 0.25) is 0 Å². The normalized spacial score (nSPS) is 15.6. The molecule has 4 aliphatic rings. The molecule has 0 atom stereocenters. The van der Waals surface area contributed by atoms with Crippen molar-refractivity contribution in [3.8, 4) is 33.5 Å². The summed E-state index contributed by atoms with van der Waals surface area (Å²) < 4.78 is 0. The van der Waals surface area contributed by atoms with Crippen molar-refractivity contribution in [1.29, 1.82) is 0 Å². The van der Waals surface area contributed by atoms with Gasteiger partial charge >= 0.3 is 0 Å². The topological polar surface area (TPSA) is 19.4 Å². The number of pyridine rings is 1. The summed E-state index contributed by atoms with van der Waals surface area (Å²) in [5.41, 5.74) is 22.9. The maximum Gasteiger partial charge on any atom is 0.0792 e. The number of hydrogen-bond acceptors (Lipinski definition) is 3. The Hall–Kier alpha value is -8.01. The molecule has 0 unspecified atom stereocenters. The smallest absolute Gasteiger partial charge is 0.0792 e. The van der Waals surface area contributed by atoms with Gasteiger partial charge in [-0.2, -0.15) is 0 Å². The van der Waals surface area contributed by atoms with Crippen LogP contribution in [0.25, 0.3) is 65.8 Å². The van der Waals surface area contributed by atoms with Crippen LogP contribution in [-0.4, -0.2) is 4.98 Å². The van der Waals surface area contributed by atoms with Crippen LogP contribution in [0.5, 0.6) is 0 Å². The van der Waals surface area contributed by atoms with E-state index in [-0.39, 0.29) is 5.41 Å². The molecule has 0 saturated heterocycles. The van der Waals surface area contributed by atoms with Crippen LogP contribution < -0.4 is 9.80 Å². The molecule has 0 radical (unpaired) electrons. The Balaban J connectivity index is 1.12. The van der Waals surface area contributed by atoms with Gasteiger partial charge < -0.3 is 9.80 Å². The fourth-order valence-electron chi connectivity index (χ4n) is 12.6. The summed E-state index contributed by atoms with van der Waals surface area (Å²) in [6, 6.07) is 68.9. The van der Waals surface area contributed by atoms with E-state index >= 15 is 0 Å². The minimum Gasteiger partial charge on any atom is -0.310 e. The van der Waals surface area contributed by atoms with E-state index in [2.05, 4.69) is 218 Å². The third-order valence-corrected chi connectivity index (χ3v) is 15.9. The van der Waals surface area contributed by atoms with E-state index in [1.165, 1.54) is 111 Å². The van der Waals surface area contributed by atoms with Crippen molar-refractivity contribution in [3.05, 3.63) is 239 Å². The van der Waals surface area contributed by atoms with Crippen LogP contribution in [0.4, 0.5) is 28.4 Å². The van der Waals surface area contributed by atoms with Gasteiger partial charge in [0.2, 0.25) is 0 Å². The van der Waals surface area contributed by atoms with E-state index in [9.17, 15) is 0 Å². The van der Waals surface area contributed by atoms with Crippen molar-refractivity contribution in [2.45, 2.75) is 57.8 Å². The van der Waals surface area contributed by atoms with Crippen LogP contribution in [0.3, 0.4) is 0 Å². The maximum atomic E-state index is 5.37. The number of fused-ring (bicyclic) bond motifs is 9. The summed E-state index contributed by atoms with van der Waals surface area (Å²) in [7, 11) is 0. The number of benzene rings is 9. The lowest BCUT2D eigenvalue weighted by Gasteiger charge is -2.31. The highest BCUT2D eigenvalue weighted by Crippen LogP contribution is 2.54. The molecule has 69 heavy (non-hydrogen) atoms. The van der Waals surface area contributed by atoms with Crippen molar-refractivity contribution < 1.29 is 0 Å². The second-order valence-corrected chi connectivity index (χ2v) is 20.0. The van der Waals surface area contributed by atoms with Gasteiger partial charge in [0.1, 0.15) is 0 Å². The molecule has 14 rings (SSSR count). The largest absolute Gasteiger partial charge is 0.310 e. The second-order valence-electron chi connectivity index (χ2n) is 20.0. The van der Waals surface area contributed by atoms with Crippen molar-refractivity contribution in [2.24, 2.45) is 0 Å². The van der Waals surface area contributed by atoms with Crippen molar-refractivity contribution >= 4 is 60.8 Å². The highest BCUT2D eigenvalue weighted by molar-refractivity contribution is 6.24. The number of aromatic nitrogens is 1. The number of anilines is 5. The van der Waals surface area contributed by atoms with Crippen LogP contribution in [-0.2, 0) is 24.7 Å². The van der Waals surface area contributed by atoms with E-state index in [4.69, 9.17) is 4.98 Å². The van der Waals surface area contributed by atoms with E-state index in [0.717, 1.165) is 60.9 Å². The Labute approximate surface area is 404 Å². The third-order valence-electron chi connectivity index (χ3n) is 15.9. The SMILES string of the molecule is CC1(C)c2ccccc2-c2ccc(-c3c4cc(N5c6ccccc6CCc6ccccc65)ccc4c(-c4nccc5ccccc45)c4cc(N5C6=C(CCC=C6)CCc6ccccc65)ccc34)cc21. The van der Waals surface area contributed by atoms with Crippen molar-refractivity contribution in [1.82, 2.24) is 4.98 Å². The van der Waals surface area contributed by atoms with Crippen molar-refractivity contribution in [3.63, 3.8) is 0 Å². The minimum absolute atomic E-state index is 0.155. The number of hydrogen-bond donors (Lipinski definition) is 0. The zero-order valence-electron chi connectivity index (χ0n) is 39.1. The molecular formula is C66H51N3. The van der Waals surface area contributed by atoms with Gasteiger partial charge in [0.25, 0.3) is 0 Å². The van der Waals surface area contributed by atoms with Gasteiger partial charge in [0.15, 0.2) is 0 Å². The number of allylic oxidation sites excluding steroid dienone is 3. The fraction of sp³-hybridized carbons (Fsp3) is 0.136. The number of rotatable bonds is 4. The minimum atomic E-state index is -0.155. The van der Waals surface area contributed by atoms with Crippen LogP contribution in [0, 0.1) is 0 Å².